The van der Waals surface area contributed by atoms with Gasteiger partial charge in [0, 0.05) is 11.8 Å². The Hall–Kier alpha value is -2.75. The maximum atomic E-state index is 12.1. The summed E-state index contributed by atoms with van der Waals surface area (Å²) >= 11 is 0. The topological polar surface area (TPSA) is 57.9 Å². The summed E-state index contributed by atoms with van der Waals surface area (Å²) in [6.07, 6.45) is -4.74. The van der Waals surface area contributed by atoms with Gasteiger partial charge in [-0.15, -0.1) is 13.2 Å². The summed E-state index contributed by atoms with van der Waals surface area (Å²) in [5.41, 5.74) is 0.576. The van der Waals surface area contributed by atoms with E-state index in [2.05, 4.69) is 15.0 Å². The van der Waals surface area contributed by atoms with E-state index in [9.17, 15) is 13.2 Å². The van der Waals surface area contributed by atoms with Gasteiger partial charge in [0.2, 0.25) is 0 Å². The third-order valence-electron chi connectivity index (χ3n) is 2.20. The smallest absolute Gasteiger partial charge is 0.406 e. The fraction of sp³-hybridized carbons (Fsp3) is 0.0769. The molecule has 0 bridgehead atoms. The summed E-state index contributed by atoms with van der Waals surface area (Å²) in [5.74, 6) is 0.0205. The van der Waals surface area contributed by atoms with E-state index in [1.807, 2.05) is 6.07 Å². The molecule has 2 rings (SSSR count). The van der Waals surface area contributed by atoms with Gasteiger partial charge in [0.25, 0.3) is 0 Å². The van der Waals surface area contributed by atoms with Gasteiger partial charge in [-0.25, -0.2) is 4.98 Å². The van der Waals surface area contributed by atoms with Gasteiger partial charge in [-0.1, -0.05) is 12.1 Å². The average Bonchev–Trinajstić information content (AvgIpc) is 2.37. The third kappa shape index (κ3) is 3.88. The molecule has 7 heteroatoms. The third-order valence-corrected chi connectivity index (χ3v) is 2.20. The molecule has 0 aliphatic carbocycles. The molecule has 102 valence electrons. The van der Waals surface area contributed by atoms with Crippen LogP contribution >= 0.6 is 0 Å². The van der Waals surface area contributed by atoms with E-state index in [1.54, 1.807) is 18.2 Å². The Morgan fingerprint density at radius 2 is 1.90 bits per heavy atom. The largest absolute Gasteiger partial charge is 0.573 e. The van der Waals surface area contributed by atoms with Crippen molar-refractivity contribution in [1.82, 2.24) is 4.98 Å². The lowest BCUT2D eigenvalue weighted by Gasteiger charge is -2.11. The number of hydrogen-bond acceptors (Lipinski definition) is 4. The molecular formula is C13H8F3N3O. The standard InChI is InChI=1S/C13H8F3N3O/c14-13(15,16)20-11-5-1-3-9(7-11)18-12-6-2-4-10(8-17)19-12/h1-7H,(H,18,19). The molecule has 0 atom stereocenters. The minimum Gasteiger partial charge on any atom is -0.406 e. The van der Waals surface area contributed by atoms with Crippen LogP contribution in [0.4, 0.5) is 24.7 Å². The molecule has 1 aromatic carbocycles. The minimum absolute atomic E-state index is 0.206. The van der Waals surface area contributed by atoms with Crippen molar-refractivity contribution in [2.45, 2.75) is 6.36 Å². The van der Waals surface area contributed by atoms with Gasteiger partial charge in [-0.3, -0.25) is 0 Å². The summed E-state index contributed by atoms with van der Waals surface area (Å²) in [4.78, 5) is 3.96. The first kappa shape index (κ1) is 13.7. The second-order valence-corrected chi connectivity index (χ2v) is 3.72. The normalized spacial score (nSPS) is 10.7. The van der Waals surface area contributed by atoms with Crippen molar-refractivity contribution in [2.24, 2.45) is 0 Å². The van der Waals surface area contributed by atoms with Crippen molar-refractivity contribution >= 4 is 11.5 Å². The van der Waals surface area contributed by atoms with Gasteiger partial charge < -0.3 is 10.1 Å². The molecule has 0 unspecified atom stereocenters. The Morgan fingerprint density at radius 3 is 2.60 bits per heavy atom. The molecule has 1 heterocycles. The van der Waals surface area contributed by atoms with Crippen molar-refractivity contribution in [3.8, 4) is 11.8 Å². The van der Waals surface area contributed by atoms with Crippen molar-refractivity contribution in [3.63, 3.8) is 0 Å². The first-order chi connectivity index (χ1) is 9.46. The quantitative estimate of drug-likeness (QED) is 0.932. The lowest BCUT2D eigenvalue weighted by molar-refractivity contribution is -0.274. The molecule has 20 heavy (non-hydrogen) atoms. The van der Waals surface area contributed by atoms with Crippen LogP contribution in [0.15, 0.2) is 42.5 Å². The summed E-state index contributed by atoms with van der Waals surface area (Å²) in [6, 6.07) is 12.0. The number of benzene rings is 1. The average molecular weight is 279 g/mol. The molecule has 0 saturated carbocycles. The van der Waals surface area contributed by atoms with Crippen molar-refractivity contribution in [2.75, 3.05) is 5.32 Å². The Bertz CT molecular complexity index is 650. The number of alkyl halides is 3. The van der Waals surface area contributed by atoms with Crippen LogP contribution in [-0.4, -0.2) is 11.3 Å². The molecule has 1 N–H and O–H groups in total. The van der Waals surface area contributed by atoms with Gasteiger partial charge in [-0.05, 0) is 24.3 Å². The maximum Gasteiger partial charge on any atom is 0.573 e. The zero-order chi connectivity index (χ0) is 14.6. The highest BCUT2D eigenvalue weighted by atomic mass is 19.4. The summed E-state index contributed by atoms with van der Waals surface area (Å²) in [5, 5.41) is 11.5. The SMILES string of the molecule is N#Cc1cccc(Nc2cccc(OC(F)(F)F)c2)n1. The van der Waals surface area contributed by atoms with E-state index in [0.717, 1.165) is 0 Å². The predicted molar refractivity (Wildman–Crippen MR) is 65.4 cm³/mol. The monoisotopic (exact) mass is 279 g/mol. The van der Waals surface area contributed by atoms with Crippen molar-refractivity contribution in [3.05, 3.63) is 48.2 Å². The molecule has 0 aliphatic heterocycles. The molecule has 0 fully saturated rings. The minimum atomic E-state index is -4.74. The molecule has 0 amide bonds. The highest BCUT2D eigenvalue weighted by Crippen LogP contribution is 2.26. The molecule has 0 aliphatic rings. The summed E-state index contributed by atoms with van der Waals surface area (Å²) < 4.78 is 40.1. The van der Waals surface area contributed by atoms with E-state index < -0.39 is 6.36 Å². The zero-order valence-electron chi connectivity index (χ0n) is 9.98. The van der Waals surface area contributed by atoms with Gasteiger partial charge >= 0.3 is 6.36 Å². The van der Waals surface area contributed by atoms with E-state index in [4.69, 9.17) is 5.26 Å². The fourth-order valence-corrected chi connectivity index (χ4v) is 1.49. The number of hydrogen-bond donors (Lipinski definition) is 1. The Kier molecular flexibility index (Phi) is 3.75. The van der Waals surface area contributed by atoms with Crippen LogP contribution in [-0.2, 0) is 0 Å². The fourth-order valence-electron chi connectivity index (χ4n) is 1.49. The van der Waals surface area contributed by atoms with E-state index in [0.29, 0.717) is 11.5 Å². The first-order valence-corrected chi connectivity index (χ1v) is 5.46. The molecule has 0 radical (unpaired) electrons. The number of halogens is 3. The maximum absolute atomic E-state index is 12.1. The van der Waals surface area contributed by atoms with E-state index in [1.165, 1.54) is 24.3 Å². The van der Waals surface area contributed by atoms with Gasteiger partial charge in [0.15, 0.2) is 0 Å². The predicted octanol–water partition coefficient (Wildman–Crippen LogP) is 3.60. The molecule has 1 aromatic heterocycles. The van der Waals surface area contributed by atoms with Crippen LogP contribution in [0.2, 0.25) is 0 Å². The van der Waals surface area contributed by atoms with Crippen molar-refractivity contribution < 1.29 is 17.9 Å². The van der Waals surface area contributed by atoms with Gasteiger partial charge in [-0.2, -0.15) is 5.26 Å². The van der Waals surface area contributed by atoms with Crippen LogP contribution in [0.1, 0.15) is 5.69 Å². The highest BCUT2D eigenvalue weighted by Gasteiger charge is 2.31. The van der Waals surface area contributed by atoms with Crippen LogP contribution < -0.4 is 10.1 Å². The van der Waals surface area contributed by atoms with Gasteiger partial charge in [0.1, 0.15) is 23.3 Å². The zero-order valence-corrected chi connectivity index (χ0v) is 9.98. The Balaban J connectivity index is 2.17. The van der Waals surface area contributed by atoms with Gasteiger partial charge in [0.05, 0.1) is 0 Å². The first-order valence-electron chi connectivity index (χ1n) is 5.46. The number of anilines is 2. The van der Waals surface area contributed by atoms with E-state index in [-0.39, 0.29) is 11.4 Å². The second-order valence-electron chi connectivity index (χ2n) is 3.72. The Labute approximate surface area is 112 Å². The van der Waals surface area contributed by atoms with Crippen molar-refractivity contribution in [1.29, 1.82) is 5.26 Å². The number of nitrogens with zero attached hydrogens (tertiary/aromatic N) is 2. The molecule has 0 saturated heterocycles. The molecular weight excluding hydrogens is 271 g/mol. The number of nitrogens with one attached hydrogen (secondary N) is 1. The second kappa shape index (κ2) is 5.48. The van der Waals surface area contributed by atoms with Crippen LogP contribution in [0.3, 0.4) is 0 Å². The molecule has 2 aromatic rings. The number of ether oxygens (including phenoxy) is 1. The number of pyridine rings is 1. The lowest BCUT2D eigenvalue weighted by atomic mass is 10.3. The summed E-state index contributed by atoms with van der Waals surface area (Å²) in [7, 11) is 0. The Morgan fingerprint density at radius 1 is 1.15 bits per heavy atom. The molecule has 4 nitrogen and oxygen atoms in total. The number of rotatable bonds is 3. The number of nitriles is 1. The molecule has 0 spiro atoms. The number of aromatic nitrogens is 1. The van der Waals surface area contributed by atoms with Crippen LogP contribution in [0.25, 0.3) is 0 Å². The van der Waals surface area contributed by atoms with E-state index >= 15 is 0 Å². The van der Waals surface area contributed by atoms with Crippen LogP contribution in [0.5, 0.6) is 5.75 Å². The lowest BCUT2D eigenvalue weighted by Crippen LogP contribution is -2.17. The summed E-state index contributed by atoms with van der Waals surface area (Å²) in [6.45, 7) is 0. The van der Waals surface area contributed by atoms with Crippen LogP contribution in [0, 0.1) is 11.3 Å². The highest BCUT2D eigenvalue weighted by molar-refractivity contribution is 5.58.